The van der Waals surface area contributed by atoms with E-state index in [0.29, 0.717) is 18.7 Å². The van der Waals surface area contributed by atoms with Crippen molar-refractivity contribution in [2.75, 3.05) is 18.0 Å². The zero-order valence-corrected chi connectivity index (χ0v) is 10.5. The van der Waals surface area contributed by atoms with Crippen LogP contribution in [0.4, 0.5) is 5.69 Å². The molecule has 0 saturated carbocycles. The molecule has 0 aliphatic rings. The van der Waals surface area contributed by atoms with Crippen molar-refractivity contribution < 1.29 is 4.79 Å². The van der Waals surface area contributed by atoms with Crippen LogP contribution in [0.2, 0.25) is 0 Å². The summed E-state index contributed by atoms with van der Waals surface area (Å²) in [4.78, 5) is 13.8. The molecule has 2 nitrogen and oxygen atoms in total. The van der Waals surface area contributed by atoms with Gasteiger partial charge in [-0.25, -0.2) is 0 Å². The predicted octanol–water partition coefficient (Wildman–Crippen LogP) is 3.19. The number of para-hydroxylation sites is 1. The van der Waals surface area contributed by atoms with Gasteiger partial charge in [0.25, 0.3) is 0 Å². The Morgan fingerprint density at radius 3 is 2.50 bits per heavy atom. The number of carbonyl (C=O) groups is 1. The normalized spacial score (nSPS) is 10.2. The highest BCUT2D eigenvalue weighted by Gasteiger charge is 2.10. The van der Waals surface area contributed by atoms with Gasteiger partial charge < -0.3 is 4.90 Å². The molecule has 0 aliphatic carbocycles. The van der Waals surface area contributed by atoms with Gasteiger partial charge in [0.15, 0.2) is 5.78 Å². The first kappa shape index (κ1) is 12.8. The Balaban J connectivity index is 2.75. The lowest BCUT2D eigenvalue weighted by molar-refractivity contribution is -0.117. The number of hydrogen-bond donors (Lipinski definition) is 0. The topological polar surface area (TPSA) is 20.3 Å². The quantitative estimate of drug-likeness (QED) is 0.732. The molecule has 1 aromatic carbocycles. The van der Waals surface area contributed by atoms with Crippen LogP contribution in [-0.4, -0.2) is 18.9 Å². The van der Waals surface area contributed by atoms with E-state index in [1.54, 1.807) is 0 Å². The van der Waals surface area contributed by atoms with Crippen LogP contribution in [0.15, 0.2) is 24.3 Å². The first-order valence-corrected chi connectivity index (χ1v) is 6.01. The number of anilines is 1. The zero-order valence-electron chi connectivity index (χ0n) is 10.5. The van der Waals surface area contributed by atoms with E-state index >= 15 is 0 Å². The highest BCUT2D eigenvalue weighted by molar-refractivity contribution is 5.83. The van der Waals surface area contributed by atoms with Crippen LogP contribution in [-0.2, 0) is 4.79 Å². The highest BCUT2D eigenvalue weighted by atomic mass is 16.1. The van der Waals surface area contributed by atoms with Crippen LogP contribution < -0.4 is 4.90 Å². The minimum Gasteiger partial charge on any atom is -0.364 e. The van der Waals surface area contributed by atoms with Gasteiger partial charge in [-0.05, 0) is 31.9 Å². The third kappa shape index (κ3) is 3.37. The van der Waals surface area contributed by atoms with Crippen LogP contribution in [0.1, 0.15) is 32.3 Å². The minimum atomic E-state index is 0.326. The maximum atomic E-state index is 11.7. The van der Waals surface area contributed by atoms with Crippen LogP contribution >= 0.6 is 0 Å². The maximum absolute atomic E-state index is 11.7. The van der Waals surface area contributed by atoms with Crippen LogP contribution in [0.5, 0.6) is 0 Å². The van der Waals surface area contributed by atoms with Crippen molar-refractivity contribution in [2.45, 2.75) is 33.6 Å². The number of benzene rings is 1. The van der Waals surface area contributed by atoms with Gasteiger partial charge >= 0.3 is 0 Å². The largest absolute Gasteiger partial charge is 0.364 e. The van der Waals surface area contributed by atoms with E-state index in [4.69, 9.17) is 0 Å². The Morgan fingerprint density at radius 1 is 1.25 bits per heavy atom. The maximum Gasteiger partial charge on any atom is 0.152 e. The fourth-order valence-corrected chi connectivity index (χ4v) is 1.86. The number of ketones is 1. The SMILES string of the molecule is CCCC(=O)CN(CC)c1ccccc1C. The molecule has 2 heteroatoms. The molecule has 0 aromatic heterocycles. The summed E-state index contributed by atoms with van der Waals surface area (Å²) in [5.41, 5.74) is 2.41. The molecule has 0 fully saturated rings. The number of Topliss-reactive ketones (excluding diaryl/α,β-unsaturated/α-hetero) is 1. The van der Waals surface area contributed by atoms with Crippen molar-refractivity contribution in [3.63, 3.8) is 0 Å². The molecule has 0 aliphatic heterocycles. The van der Waals surface area contributed by atoms with E-state index in [9.17, 15) is 4.79 Å². The van der Waals surface area contributed by atoms with Crippen LogP contribution in [0.3, 0.4) is 0 Å². The molecule has 0 saturated heterocycles. The Morgan fingerprint density at radius 2 is 1.94 bits per heavy atom. The van der Waals surface area contributed by atoms with E-state index in [0.717, 1.165) is 13.0 Å². The second kappa shape index (κ2) is 6.31. The molecule has 0 N–H and O–H groups in total. The van der Waals surface area contributed by atoms with E-state index < -0.39 is 0 Å². The second-order valence-electron chi connectivity index (χ2n) is 4.09. The molecule has 0 heterocycles. The average Bonchev–Trinajstić information content (AvgIpc) is 2.27. The van der Waals surface area contributed by atoms with Gasteiger partial charge in [-0.2, -0.15) is 0 Å². The molecular weight excluding hydrogens is 198 g/mol. The number of likely N-dealkylation sites (N-methyl/N-ethyl adjacent to an activating group) is 1. The molecule has 0 amide bonds. The van der Waals surface area contributed by atoms with Gasteiger partial charge in [-0.3, -0.25) is 4.79 Å². The smallest absolute Gasteiger partial charge is 0.152 e. The van der Waals surface area contributed by atoms with Crippen molar-refractivity contribution in [3.8, 4) is 0 Å². The Hall–Kier alpha value is -1.31. The van der Waals surface area contributed by atoms with Crippen molar-refractivity contribution in [1.82, 2.24) is 0 Å². The monoisotopic (exact) mass is 219 g/mol. The van der Waals surface area contributed by atoms with Crippen molar-refractivity contribution in [3.05, 3.63) is 29.8 Å². The second-order valence-corrected chi connectivity index (χ2v) is 4.09. The van der Waals surface area contributed by atoms with Gasteiger partial charge in [0, 0.05) is 18.7 Å². The summed E-state index contributed by atoms with van der Waals surface area (Å²) < 4.78 is 0. The van der Waals surface area contributed by atoms with E-state index in [1.807, 2.05) is 19.1 Å². The summed E-state index contributed by atoms with van der Waals surface area (Å²) in [6, 6.07) is 8.22. The third-order valence-electron chi connectivity index (χ3n) is 2.73. The number of nitrogens with zero attached hydrogens (tertiary/aromatic N) is 1. The Labute approximate surface area is 98.3 Å². The van der Waals surface area contributed by atoms with Gasteiger partial charge in [0.1, 0.15) is 0 Å². The summed E-state index contributed by atoms with van der Waals surface area (Å²) in [6.45, 7) is 7.63. The molecule has 88 valence electrons. The molecule has 0 bridgehead atoms. The Bertz CT molecular complexity index is 346. The van der Waals surface area contributed by atoms with E-state index in [1.165, 1.54) is 11.3 Å². The van der Waals surface area contributed by atoms with Gasteiger partial charge in [-0.1, -0.05) is 25.1 Å². The van der Waals surface area contributed by atoms with Gasteiger partial charge in [0.05, 0.1) is 6.54 Å². The summed E-state index contributed by atoms with van der Waals surface area (Å²) in [7, 11) is 0. The number of hydrogen-bond acceptors (Lipinski definition) is 2. The minimum absolute atomic E-state index is 0.326. The van der Waals surface area contributed by atoms with Gasteiger partial charge in [-0.15, -0.1) is 0 Å². The number of carbonyl (C=O) groups excluding carboxylic acids is 1. The molecule has 1 rings (SSSR count). The fourth-order valence-electron chi connectivity index (χ4n) is 1.86. The highest BCUT2D eigenvalue weighted by Crippen LogP contribution is 2.18. The number of aryl methyl sites for hydroxylation is 1. The fraction of sp³-hybridized carbons (Fsp3) is 0.500. The van der Waals surface area contributed by atoms with Crippen molar-refractivity contribution >= 4 is 11.5 Å². The summed E-state index contributed by atoms with van der Waals surface area (Å²) in [6.07, 6.45) is 1.62. The third-order valence-corrected chi connectivity index (χ3v) is 2.73. The average molecular weight is 219 g/mol. The van der Waals surface area contributed by atoms with Crippen LogP contribution in [0, 0.1) is 6.92 Å². The molecular formula is C14H21NO. The van der Waals surface area contributed by atoms with E-state index in [2.05, 4.69) is 30.9 Å². The van der Waals surface area contributed by atoms with Crippen molar-refractivity contribution in [1.29, 1.82) is 0 Å². The summed E-state index contributed by atoms with van der Waals surface area (Å²) >= 11 is 0. The lowest BCUT2D eigenvalue weighted by Crippen LogP contribution is -2.29. The molecule has 0 spiro atoms. The van der Waals surface area contributed by atoms with Gasteiger partial charge in [0.2, 0.25) is 0 Å². The van der Waals surface area contributed by atoms with Crippen LogP contribution in [0.25, 0.3) is 0 Å². The lowest BCUT2D eigenvalue weighted by atomic mass is 10.1. The first-order chi connectivity index (χ1) is 7.69. The van der Waals surface area contributed by atoms with Crippen molar-refractivity contribution in [2.24, 2.45) is 0 Å². The molecule has 16 heavy (non-hydrogen) atoms. The lowest BCUT2D eigenvalue weighted by Gasteiger charge is -2.24. The number of rotatable bonds is 6. The Kier molecular flexibility index (Phi) is 5.03. The first-order valence-electron chi connectivity index (χ1n) is 6.01. The molecule has 1 aromatic rings. The predicted molar refractivity (Wildman–Crippen MR) is 69.0 cm³/mol. The molecule has 0 radical (unpaired) electrons. The summed E-state index contributed by atoms with van der Waals surface area (Å²) in [5.74, 6) is 0.326. The summed E-state index contributed by atoms with van der Waals surface area (Å²) in [5, 5.41) is 0. The molecule has 0 atom stereocenters. The molecule has 0 unspecified atom stereocenters. The van der Waals surface area contributed by atoms with E-state index in [-0.39, 0.29) is 0 Å². The standard InChI is InChI=1S/C14H21NO/c1-4-8-13(16)11-15(5-2)14-10-7-6-9-12(14)3/h6-7,9-10H,4-5,8,11H2,1-3H3. The zero-order chi connectivity index (χ0) is 12.0.